The standard InChI is InChI=1S/C14H20ClN3O/c1-10(16)11-5-7-18(8-6-11)14(19)17-13-4-2-3-12(15)9-13/h2-4,9-11H,5-8,16H2,1H3,(H,17,19). The number of anilines is 1. The molecule has 19 heavy (non-hydrogen) atoms. The summed E-state index contributed by atoms with van der Waals surface area (Å²) in [6.07, 6.45) is 1.95. The molecule has 4 nitrogen and oxygen atoms in total. The zero-order chi connectivity index (χ0) is 13.8. The predicted octanol–water partition coefficient (Wildman–Crippen LogP) is 2.93. The number of carbonyl (C=O) groups excluding carboxylic acids is 1. The summed E-state index contributed by atoms with van der Waals surface area (Å²) in [5.41, 5.74) is 6.62. The molecule has 1 heterocycles. The van der Waals surface area contributed by atoms with Gasteiger partial charge in [-0.15, -0.1) is 0 Å². The lowest BCUT2D eigenvalue weighted by molar-refractivity contribution is 0.176. The van der Waals surface area contributed by atoms with E-state index in [2.05, 4.69) is 5.32 Å². The SMILES string of the molecule is CC(N)C1CCN(C(=O)Nc2cccc(Cl)c2)CC1. The Kier molecular flexibility index (Phi) is 4.66. The summed E-state index contributed by atoms with van der Waals surface area (Å²) in [4.78, 5) is 13.9. The number of hydrogen-bond acceptors (Lipinski definition) is 2. The molecule has 0 radical (unpaired) electrons. The fourth-order valence-electron chi connectivity index (χ4n) is 2.40. The number of rotatable bonds is 2. The first-order valence-electron chi connectivity index (χ1n) is 6.63. The second-order valence-corrected chi connectivity index (χ2v) is 5.56. The molecule has 0 bridgehead atoms. The number of amides is 2. The van der Waals surface area contributed by atoms with E-state index in [-0.39, 0.29) is 12.1 Å². The number of piperidine rings is 1. The Morgan fingerprint density at radius 3 is 2.74 bits per heavy atom. The van der Waals surface area contributed by atoms with Crippen LogP contribution in [0, 0.1) is 5.92 Å². The van der Waals surface area contributed by atoms with E-state index in [1.165, 1.54) is 0 Å². The van der Waals surface area contributed by atoms with Gasteiger partial charge in [0.25, 0.3) is 0 Å². The lowest BCUT2D eigenvalue weighted by atomic mass is 9.91. The highest BCUT2D eigenvalue weighted by Crippen LogP contribution is 2.21. The molecule has 1 fully saturated rings. The quantitative estimate of drug-likeness (QED) is 0.876. The van der Waals surface area contributed by atoms with Crippen LogP contribution in [-0.2, 0) is 0 Å². The highest BCUT2D eigenvalue weighted by Gasteiger charge is 2.24. The number of hydrogen-bond donors (Lipinski definition) is 2. The minimum Gasteiger partial charge on any atom is -0.328 e. The molecular weight excluding hydrogens is 262 g/mol. The summed E-state index contributed by atoms with van der Waals surface area (Å²) in [7, 11) is 0. The van der Waals surface area contributed by atoms with Crippen LogP contribution >= 0.6 is 11.6 Å². The van der Waals surface area contributed by atoms with Gasteiger partial charge in [-0.1, -0.05) is 17.7 Å². The van der Waals surface area contributed by atoms with E-state index in [9.17, 15) is 4.79 Å². The van der Waals surface area contributed by atoms with Gasteiger partial charge < -0.3 is 16.0 Å². The number of likely N-dealkylation sites (tertiary alicyclic amines) is 1. The third-order valence-electron chi connectivity index (χ3n) is 3.65. The van der Waals surface area contributed by atoms with Gasteiger partial charge in [-0.05, 0) is 43.9 Å². The van der Waals surface area contributed by atoms with Gasteiger partial charge in [0.2, 0.25) is 0 Å². The minimum absolute atomic E-state index is 0.0645. The van der Waals surface area contributed by atoms with E-state index in [1.54, 1.807) is 12.1 Å². The maximum Gasteiger partial charge on any atom is 0.321 e. The van der Waals surface area contributed by atoms with Gasteiger partial charge in [0.1, 0.15) is 0 Å². The largest absolute Gasteiger partial charge is 0.328 e. The maximum atomic E-state index is 12.1. The molecule has 0 saturated carbocycles. The Labute approximate surface area is 118 Å². The molecule has 2 rings (SSSR count). The number of nitrogens with one attached hydrogen (secondary N) is 1. The van der Waals surface area contributed by atoms with Crippen molar-refractivity contribution in [2.75, 3.05) is 18.4 Å². The summed E-state index contributed by atoms with van der Waals surface area (Å²) in [6, 6.07) is 7.32. The maximum absolute atomic E-state index is 12.1. The van der Waals surface area contributed by atoms with Crippen LogP contribution in [-0.4, -0.2) is 30.1 Å². The molecule has 1 aliphatic heterocycles. The molecule has 0 spiro atoms. The molecule has 1 aromatic carbocycles. The third kappa shape index (κ3) is 3.85. The Morgan fingerprint density at radius 1 is 1.47 bits per heavy atom. The second-order valence-electron chi connectivity index (χ2n) is 5.12. The zero-order valence-electron chi connectivity index (χ0n) is 11.1. The van der Waals surface area contributed by atoms with Gasteiger partial charge in [0, 0.05) is 29.8 Å². The van der Waals surface area contributed by atoms with Crippen molar-refractivity contribution < 1.29 is 4.79 Å². The van der Waals surface area contributed by atoms with Gasteiger partial charge in [-0.3, -0.25) is 0 Å². The Hall–Kier alpha value is -1.26. The zero-order valence-corrected chi connectivity index (χ0v) is 11.9. The predicted molar refractivity (Wildman–Crippen MR) is 78.4 cm³/mol. The normalized spacial score (nSPS) is 18.2. The van der Waals surface area contributed by atoms with Gasteiger partial charge in [0.15, 0.2) is 0 Å². The van der Waals surface area contributed by atoms with Crippen molar-refractivity contribution in [1.82, 2.24) is 4.90 Å². The highest BCUT2D eigenvalue weighted by atomic mass is 35.5. The lowest BCUT2D eigenvalue weighted by Gasteiger charge is -2.33. The first-order valence-corrected chi connectivity index (χ1v) is 7.01. The Morgan fingerprint density at radius 2 is 2.16 bits per heavy atom. The second kappa shape index (κ2) is 6.26. The van der Waals surface area contributed by atoms with E-state index in [1.807, 2.05) is 24.0 Å². The summed E-state index contributed by atoms with van der Waals surface area (Å²) in [5.74, 6) is 0.523. The van der Waals surface area contributed by atoms with Gasteiger partial charge in [0.05, 0.1) is 0 Å². The van der Waals surface area contributed by atoms with Crippen molar-refractivity contribution in [2.24, 2.45) is 11.7 Å². The van der Waals surface area contributed by atoms with Crippen LogP contribution in [0.4, 0.5) is 10.5 Å². The van der Waals surface area contributed by atoms with Crippen LogP contribution in [0.25, 0.3) is 0 Å². The molecule has 1 aromatic rings. The molecule has 3 N–H and O–H groups in total. The van der Waals surface area contributed by atoms with Crippen molar-refractivity contribution in [3.8, 4) is 0 Å². The van der Waals surface area contributed by atoms with Crippen molar-refractivity contribution in [3.05, 3.63) is 29.3 Å². The average Bonchev–Trinajstić information content (AvgIpc) is 2.39. The number of carbonyl (C=O) groups is 1. The summed E-state index contributed by atoms with van der Waals surface area (Å²) in [5, 5.41) is 3.49. The van der Waals surface area contributed by atoms with Crippen molar-refractivity contribution in [3.63, 3.8) is 0 Å². The molecule has 104 valence electrons. The Balaban J connectivity index is 1.88. The van der Waals surface area contributed by atoms with Crippen LogP contribution in [0.15, 0.2) is 24.3 Å². The fourth-order valence-corrected chi connectivity index (χ4v) is 2.59. The van der Waals surface area contributed by atoms with Crippen LogP contribution in [0.2, 0.25) is 5.02 Å². The average molecular weight is 282 g/mol. The summed E-state index contributed by atoms with van der Waals surface area (Å²) < 4.78 is 0. The number of nitrogens with zero attached hydrogens (tertiary/aromatic N) is 1. The van der Waals surface area contributed by atoms with E-state index in [0.29, 0.717) is 10.9 Å². The Bertz CT molecular complexity index is 442. The number of benzene rings is 1. The van der Waals surface area contributed by atoms with E-state index >= 15 is 0 Å². The first-order chi connectivity index (χ1) is 9.06. The van der Waals surface area contributed by atoms with Crippen LogP contribution < -0.4 is 11.1 Å². The molecule has 1 atom stereocenters. The molecule has 1 saturated heterocycles. The number of urea groups is 1. The number of halogens is 1. The molecule has 1 unspecified atom stereocenters. The van der Waals surface area contributed by atoms with E-state index in [0.717, 1.165) is 31.6 Å². The van der Waals surface area contributed by atoms with Crippen molar-refractivity contribution >= 4 is 23.3 Å². The van der Waals surface area contributed by atoms with Gasteiger partial charge in [-0.2, -0.15) is 0 Å². The topological polar surface area (TPSA) is 58.4 Å². The van der Waals surface area contributed by atoms with Gasteiger partial charge in [-0.25, -0.2) is 4.79 Å². The van der Waals surface area contributed by atoms with Crippen LogP contribution in [0.3, 0.4) is 0 Å². The third-order valence-corrected chi connectivity index (χ3v) is 3.88. The monoisotopic (exact) mass is 281 g/mol. The number of nitrogens with two attached hydrogens (primary N) is 1. The lowest BCUT2D eigenvalue weighted by Crippen LogP contribution is -2.44. The molecule has 0 aromatic heterocycles. The molecule has 1 aliphatic rings. The molecule has 0 aliphatic carbocycles. The molecule has 5 heteroatoms. The van der Waals surface area contributed by atoms with Crippen molar-refractivity contribution in [2.45, 2.75) is 25.8 Å². The fraction of sp³-hybridized carbons (Fsp3) is 0.500. The minimum atomic E-state index is -0.0645. The van der Waals surface area contributed by atoms with E-state index in [4.69, 9.17) is 17.3 Å². The van der Waals surface area contributed by atoms with Crippen LogP contribution in [0.5, 0.6) is 0 Å². The highest BCUT2D eigenvalue weighted by molar-refractivity contribution is 6.30. The summed E-state index contributed by atoms with van der Waals surface area (Å²) >= 11 is 5.89. The van der Waals surface area contributed by atoms with Crippen LogP contribution in [0.1, 0.15) is 19.8 Å². The summed E-state index contributed by atoms with van der Waals surface area (Å²) in [6.45, 7) is 3.56. The molecule has 2 amide bonds. The van der Waals surface area contributed by atoms with E-state index < -0.39 is 0 Å². The van der Waals surface area contributed by atoms with Gasteiger partial charge >= 0.3 is 6.03 Å². The first kappa shape index (κ1) is 14.2. The van der Waals surface area contributed by atoms with Crippen molar-refractivity contribution in [1.29, 1.82) is 0 Å². The molecular formula is C14H20ClN3O. The smallest absolute Gasteiger partial charge is 0.321 e.